The molecule has 1 aliphatic heterocycles. The van der Waals surface area contributed by atoms with Gasteiger partial charge in [-0.3, -0.25) is 9.80 Å². The van der Waals surface area contributed by atoms with Gasteiger partial charge in [0.1, 0.15) is 18.3 Å². The molecule has 5 rings (SSSR count). The van der Waals surface area contributed by atoms with Crippen LogP contribution in [-0.2, 0) is 12.6 Å². The second-order valence-corrected chi connectivity index (χ2v) is 10.7. The van der Waals surface area contributed by atoms with Crippen molar-refractivity contribution in [3.63, 3.8) is 0 Å². The van der Waals surface area contributed by atoms with Crippen molar-refractivity contribution in [2.45, 2.75) is 51.4 Å². The molecule has 2 unspecified atom stereocenters. The van der Waals surface area contributed by atoms with Gasteiger partial charge >= 0.3 is 6.18 Å². The van der Waals surface area contributed by atoms with Gasteiger partial charge in [0.2, 0.25) is 0 Å². The Morgan fingerprint density at radius 3 is 2.40 bits per heavy atom. The molecule has 2 aromatic rings. The predicted octanol–water partition coefficient (Wildman–Crippen LogP) is 4.28. The summed E-state index contributed by atoms with van der Waals surface area (Å²) < 4.78 is 55.0. The molecule has 3 heterocycles. The summed E-state index contributed by atoms with van der Waals surface area (Å²) in [7, 11) is 0. The zero-order valence-corrected chi connectivity index (χ0v) is 20.3. The largest absolute Gasteiger partial charge is 0.419 e. The van der Waals surface area contributed by atoms with Crippen molar-refractivity contribution < 1.29 is 17.6 Å². The lowest BCUT2D eigenvalue weighted by Gasteiger charge is -2.38. The molecule has 4 atom stereocenters. The number of aromatic nitrogens is 3. The van der Waals surface area contributed by atoms with Gasteiger partial charge in [-0.25, -0.2) is 14.4 Å². The number of fused-ring (bicyclic) bond motifs is 1. The molecule has 0 aromatic carbocycles. The number of nitrogen functional groups attached to an aromatic ring is 1. The molecular formula is C25H34F4N6. The summed E-state index contributed by atoms with van der Waals surface area (Å²) in [4.78, 5) is 13.3. The van der Waals surface area contributed by atoms with E-state index in [0.717, 1.165) is 57.3 Å². The van der Waals surface area contributed by atoms with E-state index >= 15 is 0 Å². The summed E-state index contributed by atoms with van der Waals surface area (Å²) in [5.74, 6) is 1.94. The molecule has 2 aliphatic carbocycles. The molecule has 35 heavy (non-hydrogen) atoms. The van der Waals surface area contributed by atoms with E-state index in [1.54, 1.807) is 0 Å². The van der Waals surface area contributed by atoms with E-state index < -0.39 is 17.6 Å². The monoisotopic (exact) mass is 494 g/mol. The number of hydrogen-bond donors (Lipinski definition) is 1. The van der Waals surface area contributed by atoms with Crippen molar-refractivity contribution in [1.82, 2.24) is 24.3 Å². The molecule has 0 radical (unpaired) electrons. The lowest BCUT2D eigenvalue weighted by molar-refractivity contribution is -0.137. The summed E-state index contributed by atoms with van der Waals surface area (Å²) in [5.41, 5.74) is 5.42. The van der Waals surface area contributed by atoms with E-state index in [0.29, 0.717) is 47.6 Å². The van der Waals surface area contributed by atoms with Gasteiger partial charge in [-0.05, 0) is 36.7 Å². The number of hydrogen-bond acceptors (Lipinski definition) is 5. The highest BCUT2D eigenvalue weighted by Crippen LogP contribution is 2.62. The fraction of sp³-hybridized carbons (Fsp3) is 0.680. The third-order valence-corrected chi connectivity index (χ3v) is 7.94. The highest BCUT2D eigenvalue weighted by molar-refractivity contribution is 5.62. The van der Waals surface area contributed by atoms with Crippen LogP contribution >= 0.6 is 0 Å². The van der Waals surface area contributed by atoms with Crippen molar-refractivity contribution in [3.8, 4) is 11.3 Å². The summed E-state index contributed by atoms with van der Waals surface area (Å²) in [6.45, 7) is 8.33. The maximum absolute atomic E-state index is 13.4. The number of alkyl halides is 4. The van der Waals surface area contributed by atoms with Crippen LogP contribution in [0.25, 0.3) is 11.3 Å². The molecule has 192 valence electrons. The van der Waals surface area contributed by atoms with E-state index in [2.05, 4.69) is 33.2 Å². The number of anilines is 1. The molecule has 0 bridgehead atoms. The summed E-state index contributed by atoms with van der Waals surface area (Å²) in [6.07, 6.45) is 1.77. The Balaban J connectivity index is 1.31. The Morgan fingerprint density at radius 2 is 1.80 bits per heavy atom. The molecule has 6 nitrogen and oxygen atoms in total. The van der Waals surface area contributed by atoms with Crippen LogP contribution in [0.5, 0.6) is 0 Å². The van der Waals surface area contributed by atoms with Gasteiger partial charge < -0.3 is 10.3 Å². The zero-order chi connectivity index (χ0) is 24.9. The average Bonchev–Trinajstić information content (AvgIpc) is 3.10. The fourth-order valence-corrected chi connectivity index (χ4v) is 6.15. The number of pyridine rings is 1. The second-order valence-electron chi connectivity index (χ2n) is 10.7. The summed E-state index contributed by atoms with van der Waals surface area (Å²) >= 11 is 0. The van der Waals surface area contributed by atoms with E-state index in [1.165, 1.54) is 6.20 Å². The molecular weight excluding hydrogens is 460 g/mol. The van der Waals surface area contributed by atoms with Gasteiger partial charge in [-0.1, -0.05) is 13.8 Å². The van der Waals surface area contributed by atoms with Crippen molar-refractivity contribution in [2.24, 2.45) is 17.8 Å². The average molecular weight is 495 g/mol. The number of halogens is 4. The predicted molar refractivity (Wildman–Crippen MR) is 126 cm³/mol. The normalized spacial score (nSPS) is 27.5. The van der Waals surface area contributed by atoms with E-state index in [9.17, 15) is 17.6 Å². The minimum Gasteiger partial charge on any atom is -0.383 e. The quantitative estimate of drug-likeness (QED) is 0.582. The Labute approximate surface area is 203 Å². The van der Waals surface area contributed by atoms with Crippen LogP contribution in [0, 0.1) is 17.8 Å². The SMILES string of the molecule is CC(C)Cc1nc(-c2cnc(N)c(C(F)(F)F)c2)cn1C1[C@H]2CC(N3CCN(CCF)CC3)C[C@@H]12. The molecule has 1 saturated heterocycles. The Kier molecular flexibility index (Phi) is 6.54. The molecule has 0 amide bonds. The molecule has 2 N–H and O–H groups in total. The van der Waals surface area contributed by atoms with Crippen molar-refractivity contribution in [3.05, 3.63) is 29.8 Å². The maximum atomic E-state index is 13.4. The minimum absolute atomic E-state index is 0.287. The number of imidazole rings is 1. The van der Waals surface area contributed by atoms with E-state index in [4.69, 9.17) is 10.7 Å². The van der Waals surface area contributed by atoms with Crippen LogP contribution in [0.2, 0.25) is 0 Å². The van der Waals surface area contributed by atoms with Crippen LogP contribution < -0.4 is 5.73 Å². The van der Waals surface area contributed by atoms with Crippen LogP contribution in [0.4, 0.5) is 23.4 Å². The number of nitrogens with zero attached hydrogens (tertiary/aromatic N) is 5. The van der Waals surface area contributed by atoms with Gasteiger partial charge in [-0.2, -0.15) is 13.2 Å². The minimum atomic E-state index is -4.56. The summed E-state index contributed by atoms with van der Waals surface area (Å²) in [5, 5.41) is 0. The van der Waals surface area contributed by atoms with Gasteiger partial charge in [0.25, 0.3) is 0 Å². The third kappa shape index (κ3) is 4.91. The molecule has 3 fully saturated rings. The number of nitrogens with two attached hydrogens (primary N) is 1. The van der Waals surface area contributed by atoms with Crippen molar-refractivity contribution in [1.29, 1.82) is 0 Å². The van der Waals surface area contributed by atoms with Gasteiger partial charge in [0, 0.05) is 69.2 Å². The summed E-state index contributed by atoms with van der Waals surface area (Å²) in [6, 6.07) is 1.99. The smallest absolute Gasteiger partial charge is 0.383 e. The molecule has 0 spiro atoms. The first-order chi connectivity index (χ1) is 16.7. The van der Waals surface area contributed by atoms with E-state index in [1.807, 2.05) is 6.20 Å². The molecule has 3 aliphatic rings. The van der Waals surface area contributed by atoms with Gasteiger partial charge in [0.15, 0.2) is 0 Å². The lowest BCUT2D eigenvalue weighted by atomic mass is 10.1. The van der Waals surface area contributed by atoms with Gasteiger partial charge in [-0.15, -0.1) is 0 Å². The number of rotatable bonds is 7. The Bertz CT molecular complexity index is 1030. The van der Waals surface area contributed by atoms with Crippen LogP contribution in [0.15, 0.2) is 18.5 Å². The Morgan fingerprint density at radius 1 is 1.11 bits per heavy atom. The van der Waals surface area contributed by atoms with Crippen molar-refractivity contribution in [2.75, 3.05) is 45.1 Å². The van der Waals surface area contributed by atoms with E-state index in [-0.39, 0.29) is 6.67 Å². The maximum Gasteiger partial charge on any atom is 0.419 e. The fourth-order valence-electron chi connectivity index (χ4n) is 6.15. The molecule has 10 heteroatoms. The number of piperazine rings is 1. The van der Waals surface area contributed by atoms with Gasteiger partial charge in [0.05, 0.1) is 11.3 Å². The zero-order valence-electron chi connectivity index (χ0n) is 20.3. The molecule has 2 aromatic heterocycles. The first-order valence-corrected chi connectivity index (χ1v) is 12.6. The van der Waals surface area contributed by atoms with Crippen molar-refractivity contribution >= 4 is 5.82 Å². The van der Waals surface area contributed by atoms with Crippen LogP contribution in [-0.4, -0.2) is 69.8 Å². The Hall–Kier alpha value is -2.20. The topological polar surface area (TPSA) is 63.2 Å². The molecule has 2 saturated carbocycles. The highest BCUT2D eigenvalue weighted by Gasteiger charge is 2.58. The highest BCUT2D eigenvalue weighted by atomic mass is 19.4. The first kappa shape index (κ1) is 24.5. The second kappa shape index (κ2) is 9.35. The van der Waals surface area contributed by atoms with Crippen LogP contribution in [0.3, 0.4) is 0 Å². The van der Waals surface area contributed by atoms with Crippen LogP contribution in [0.1, 0.15) is 44.1 Å². The third-order valence-electron chi connectivity index (χ3n) is 7.94. The standard InChI is InChI=1S/C25H34F4N6/c1-15(2)9-22-32-21(16-10-20(25(27,28)29)24(30)31-13-16)14-35(22)23-18-11-17(12-19(18)23)34-7-5-33(4-3-26)6-8-34/h10,13-15,17-19,23H,3-9,11-12H2,1-2H3,(H2,30,31)/t17?,18-,19+,23?. The lowest BCUT2D eigenvalue weighted by Crippen LogP contribution is -2.50. The first-order valence-electron chi connectivity index (χ1n) is 12.6.